The Morgan fingerprint density at radius 1 is 0.935 bits per heavy atom. The van der Waals surface area contributed by atoms with Crippen molar-refractivity contribution in [2.75, 3.05) is 7.11 Å². The second-order valence-electron chi connectivity index (χ2n) is 7.08. The van der Waals surface area contributed by atoms with Crippen molar-refractivity contribution in [3.63, 3.8) is 0 Å². The zero-order valence-electron chi connectivity index (χ0n) is 16.6. The normalized spacial score (nSPS) is 11.0. The van der Waals surface area contributed by atoms with E-state index in [0.717, 1.165) is 44.0 Å². The molecule has 0 spiro atoms. The van der Waals surface area contributed by atoms with Gasteiger partial charge in [0.25, 0.3) is 5.56 Å². The summed E-state index contributed by atoms with van der Waals surface area (Å²) in [6, 6.07) is 23.0. The highest BCUT2D eigenvalue weighted by Gasteiger charge is 2.13. The average molecular weight is 445 g/mol. The van der Waals surface area contributed by atoms with Crippen LogP contribution >= 0.6 is 22.9 Å². The summed E-state index contributed by atoms with van der Waals surface area (Å²) in [6.45, 7) is 0. The number of aromatic nitrogens is 2. The van der Waals surface area contributed by atoms with Crippen LogP contribution in [0.3, 0.4) is 0 Å². The summed E-state index contributed by atoms with van der Waals surface area (Å²) >= 11 is 7.68. The van der Waals surface area contributed by atoms with E-state index in [2.05, 4.69) is 4.98 Å². The second kappa shape index (κ2) is 8.02. The Bertz CT molecular complexity index is 1440. The van der Waals surface area contributed by atoms with Crippen molar-refractivity contribution in [3.05, 3.63) is 93.6 Å². The van der Waals surface area contributed by atoms with Crippen LogP contribution < -0.4 is 10.3 Å². The number of nitrogens with one attached hydrogen (secondary N) is 1. The van der Waals surface area contributed by atoms with Crippen molar-refractivity contribution in [3.8, 4) is 38.7 Å². The Morgan fingerprint density at radius 3 is 2.48 bits per heavy atom. The molecule has 5 aromatic rings. The van der Waals surface area contributed by atoms with Gasteiger partial charge in [-0.2, -0.15) is 0 Å². The first-order chi connectivity index (χ1) is 15.1. The number of hydrogen-bond donors (Lipinski definition) is 1. The molecule has 2 aromatic carbocycles. The molecule has 0 saturated heterocycles. The standard InChI is InChI=1S/C25H17ClN2O2S/c1-30-19-8-9-21-17(11-19)12-20(25(29)28-21)16-13-22(15-4-6-18(26)7-5-15)27-23(14-16)24-3-2-10-31-24/h2-14H,1H3,(H,28,29). The number of ether oxygens (including phenoxy) is 1. The SMILES string of the molecule is COc1ccc2[nH]c(=O)c(-c3cc(-c4ccc(Cl)cc4)nc(-c4cccs4)c3)cc2c1. The predicted octanol–water partition coefficient (Wildman–Crippen LogP) is 6.65. The first-order valence-electron chi connectivity index (χ1n) is 9.64. The van der Waals surface area contributed by atoms with Crippen LogP contribution in [0.4, 0.5) is 0 Å². The molecule has 152 valence electrons. The Kier molecular flexibility index (Phi) is 5.06. The van der Waals surface area contributed by atoms with Crippen LogP contribution in [0.15, 0.2) is 83.0 Å². The van der Waals surface area contributed by atoms with Gasteiger partial charge in [-0.25, -0.2) is 4.98 Å². The molecule has 4 nitrogen and oxygen atoms in total. The molecule has 0 amide bonds. The van der Waals surface area contributed by atoms with E-state index in [4.69, 9.17) is 21.3 Å². The number of benzene rings is 2. The number of hydrogen-bond acceptors (Lipinski definition) is 4. The maximum atomic E-state index is 13.0. The van der Waals surface area contributed by atoms with Crippen LogP contribution in [0.5, 0.6) is 5.75 Å². The number of H-pyrrole nitrogens is 1. The largest absolute Gasteiger partial charge is 0.497 e. The molecule has 0 bridgehead atoms. The number of halogens is 1. The minimum atomic E-state index is -0.150. The quantitative estimate of drug-likeness (QED) is 0.337. The van der Waals surface area contributed by atoms with E-state index in [-0.39, 0.29) is 5.56 Å². The first-order valence-corrected chi connectivity index (χ1v) is 10.9. The van der Waals surface area contributed by atoms with E-state index in [1.165, 1.54) is 0 Å². The molecule has 0 aliphatic rings. The average Bonchev–Trinajstić information content (AvgIpc) is 3.33. The zero-order chi connectivity index (χ0) is 21.4. The highest BCUT2D eigenvalue weighted by molar-refractivity contribution is 7.13. The highest BCUT2D eigenvalue weighted by atomic mass is 35.5. The summed E-state index contributed by atoms with van der Waals surface area (Å²) < 4.78 is 5.34. The minimum absolute atomic E-state index is 0.150. The number of rotatable bonds is 4. The summed E-state index contributed by atoms with van der Waals surface area (Å²) in [5.74, 6) is 0.737. The van der Waals surface area contributed by atoms with Crippen molar-refractivity contribution in [2.24, 2.45) is 0 Å². The molecular formula is C25H17ClN2O2S. The Labute approximate surface area is 187 Å². The molecule has 0 radical (unpaired) electrons. The fraction of sp³-hybridized carbons (Fsp3) is 0.0400. The van der Waals surface area contributed by atoms with Crippen molar-refractivity contribution in [1.82, 2.24) is 9.97 Å². The van der Waals surface area contributed by atoms with Gasteiger partial charge in [-0.3, -0.25) is 4.79 Å². The molecule has 3 heterocycles. The summed E-state index contributed by atoms with van der Waals surface area (Å²) in [4.78, 5) is 21.8. The lowest BCUT2D eigenvalue weighted by molar-refractivity contribution is 0.415. The van der Waals surface area contributed by atoms with Crippen molar-refractivity contribution >= 4 is 33.8 Å². The minimum Gasteiger partial charge on any atom is -0.497 e. The fourth-order valence-electron chi connectivity index (χ4n) is 3.53. The van der Waals surface area contributed by atoms with Crippen molar-refractivity contribution < 1.29 is 4.74 Å². The van der Waals surface area contributed by atoms with E-state index in [9.17, 15) is 4.79 Å². The number of nitrogens with zero attached hydrogens (tertiary/aromatic N) is 1. The molecule has 0 atom stereocenters. The van der Waals surface area contributed by atoms with Gasteiger partial charge in [0, 0.05) is 27.1 Å². The fourth-order valence-corrected chi connectivity index (χ4v) is 4.34. The molecule has 31 heavy (non-hydrogen) atoms. The van der Waals surface area contributed by atoms with Crippen LogP contribution in [0.25, 0.3) is 43.9 Å². The van der Waals surface area contributed by atoms with Gasteiger partial charge in [0.05, 0.1) is 23.4 Å². The molecule has 0 aliphatic heterocycles. The molecule has 0 unspecified atom stereocenters. The topological polar surface area (TPSA) is 55.0 Å². The summed E-state index contributed by atoms with van der Waals surface area (Å²) in [7, 11) is 1.63. The van der Waals surface area contributed by atoms with Gasteiger partial charge in [-0.1, -0.05) is 29.8 Å². The lowest BCUT2D eigenvalue weighted by Gasteiger charge is -2.10. The van der Waals surface area contributed by atoms with Gasteiger partial charge >= 0.3 is 0 Å². The number of aromatic amines is 1. The molecule has 1 N–H and O–H groups in total. The summed E-state index contributed by atoms with van der Waals surface area (Å²) in [6.07, 6.45) is 0. The van der Waals surface area contributed by atoms with E-state index >= 15 is 0 Å². The van der Waals surface area contributed by atoms with Crippen LogP contribution in [-0.4, -0.2) is 17.1 Å². The zero-order valence-corrected chi connectivity index (χ0v) is 18.1. The number of methoxy groups -OCH3 is 1. The summed E-state index contributed by atoms with van der Waals surface area (Å²) in [5.41, 5.74) is 4.53. The first kappa shape index (κ1) is 19.5. The monoisotopic (exact) mass is 444 g/mol. The molecule has 0 saturated carbocycles. The molecule has 6 heteroatoms. The smallest absolute Gasteiger partial charge is 0.256 e. The van der Waals surface area contributed by atoms with Crippen LogP contribution in [0.1, 0.15) is 0 Å². The third-order valence-electron chi connectivity index (χ3n) is 5.10. The molecule has 0 fully saturated rings. The van der Waals surface area contributed by atoms with Crippen LogP contribution in [0.2, 0.25) is 5.02 Å². The molecule has 0 aliphatic carbocycles. The van der Waals surface area contributed by atoms with Gasteiger partial charge in [0.2, 0.25) is 0 Å². The lowest BCUT2D eigenvalue weighted by Crippen LogP contribution is -2.09. The van der Waals surface area contributed by atoms with Gasteiger partial charge in [-0.15, -0.1) is 11.3 Å². The Morgan fingerprint density at radius 2 is 1.74 bits per heavy atom. The van der Waals surface area contributed by atoms with Gasteiger partial charge in [0.1, 0.15) is 5.75 Å². The number of thiophene rings is 1. The maximum Gasteiger partial charge on any atom is 0.256 e. The predicted molar refractivity (Wildman–Crippen MR) is 128 cm³/mol. The lowest BCUT2D eigenvalue weighted by atomic mass is 10.0. The van der Waals surface area contributed by atoms with Crippen molar-refractivity contribution in [1.29, 1.82) is 0 Å². The summed E-state index contributed by atoms with van der Waals surface area (Å²) in [5, 5.41) is 3.58. The van der Waals surface area contributed by atoms with Crippen molar-refractivity contribution in [2.45, 2.75) is 0 Å². The van der Waals surface area contributed by atoms with E-state index < -0.39 is 0 Å². The van der Waals surface area contributed by atoms with E-state index in [1.807, 2.05) is 78.2 Å². The second-order valence-corrected chi connectivity index (χ2v) is 8.46. The third kappa shape index (κ3) is 3.85. The molecule has 3 aromatic heterocycles. The van der Waals surface area contributed by atoms with Gasteiger partial charge < -0.3 is 9.72 Å². The Hall–Kier alpha value is -3.41. The molecular weight excluding hydrogens is 428 g/mol. The van der Waals surface area contributed by atoms with Crippen LogP contribution in [0, 0.1) is 0 Å². The van der Waals surface area contributed by atoms with E-state index in [0.29, 0.717) is 10.6 Å². The maximum absolute atomic E-state index is 13.0. The van der Waals surface area contributed by atoms with Gasteiger partial charge in [0.15, 0.2) is 0 Å². The van der Waals surface area contributed by atoms with Gasteiger partial charge in [-0.05, 0) is 65.5 Å². The highest BCUT2D eigenvalue weighted by Crippen LogP contribution is 2.32. The van der Waals surface area contributed by atoms with Crippen LogP contribution in [-0.2, 0) is 0 Å². The molecule has 5 rings (SSSR count). The van der Waals surface area contributed by atoms with E-state index in [1.54, 1.807) is 18.4 Å². The number of fused-ring (bicyclic) bond motifs is 1. The number of pyridine rings is 2. The Balaban J connectivity index is 1.74. The third-order valence-corrected chi connectivity index (χ3v) is 6.25.